The van der Waals surface area contributed by atoms with Gasteiger partial charge in [0.05, 0.1) is 25.2 Å². The molecule has 1 amide bonds. The topological polar surface area (TPSA) is 102 Å². The molecule has 1 fully saturated rings. The lowest BCUT2D eigenvalue weighted by atomic mass is 10.1. The van der Waals surface area contributed by atoms with Crippen molar-refractivity contribution >= 4 is 28.4 Å². The zero-order chi connectivity index (χ0) is 24.7. The highest BCUT2D eigenvalue weighted by molar-refractivity contribution is 5.89. The van der Waals surface area contributed by atoms with E-state index in [9.17, 15) is 18.0 Å². The van der Waals surface area contributed by atoms with Crippen LogP contribution in [0.5, 0.6) is 5.88 Å². The highest BCUT2D eigenvalue weighted by Gasteiger charge is 2.35. The number of nitrogens with zero attached hydrogens (tertiary/aromatic N) is 7. The molecule has 1 aliphatic rings. The molecule has 2 atom stereocenters. The van der Waals surface area contributed by atoms with Crippen LogP contribution >= 0.6 is 0 Å². The summed E-state index contributed by atoms with van der Waals surface area (Å²) in [4.78, 5) is 17.8. The van der Waals surface area contributed by atoms with Crippen LogP contribution in [-0.2, 0) is 11.3 Å². The van der Waals surface area contributed by atoms with Crippen LogP contribution in [0.2, 0.25) is 0 Å². The molecular weight excluding hydrogens is 465 g/mol. The van der Waals surface area contributed by atoms with Crippen molar-refractivity contribution in [3.63, 3.8) is 0 Å². The quantitative estimate of drug-likeness (QED) is 0.427. The highest BCUT2D eigenvalue weighted by atomic mass is 19.3. The number of hydrogen-bond donors (Lipinski definition) is 1. The van der Waals surface area contributed by atoms with Gasteiger partial charge in [-0.3, -0.25) is 4.79 Å². The Bertz CT molecular complexity index is 1390. The van der Waals surface area contributed by atoms with E-state index in [0.29, 0.717) is 34.1 Å². The van der Waals surface area contributed by atoms with E-state index in [1.54, 1.807) is 41.9 Å². The van der Waals surface area contributed by atoms with Gasteiger partial charge in [-0.2, -0.15) is 4.98 Å². The first-order valence-electron chi connectivity index (χ1n) is 11.1. The first-order chi connectivity index (χ1) is 16.9. The summed E-state index contributed by atoms with van der Waals surface area (Å²) in [6.07, 6.45) is -1.80. The van der Waals surface area contributed by atoms with Crippen LogP contribution in [0.3, 0.4) is 0 Å². The summed E-state index contributed by atoms with van der Waals surface area (Å²) in [6, 6.07) is 6.39. The van der Waals surface area contributed by atoms with E-state index >= 15 is 0 Å². The predicted octanol–water partition coefficient (Wildman–Crippen LogP) is 2.79. The second kappa shape index (κ2) is 9.04. The molecule has 1 N–H and O–H groups in total. The van der Waals surface area contributed by atoms with Gasteiger partial charge in [0.25, 0.3) is 6.43 Å². The molecule has 0 saturated carbocycles. The van der Waals surface area contributed by atoms with Crippen molar-refractivity contribution in [1.29, 1.82) is 0 Å². The van der Waals surface area contributed by atoms with Crippen LogP contribution in [0.4, 0.5) is 19.1 Å². The van der Waals surface area contributed by atoms with E-state index in [1.165, 1.54) is 16.7 Å². The van der Waals surface area contributed by atoms with E-state index < -0.39 is 25.2 Å². The molecule has 184 valence electrons. The Hall–Kier alpha value is -3.90. The number of carbonyl (C=O) groups is 1. The SMILES string of the molecule is CCC(=O)N1C[C@@H](F)[C@@H](Nc2nc(OC)c3c(-c4ccc5nnn(CC(F)F)c5c4)ccn3n2)C1. The predicted molar refractivity (Wildman–Crippen MR) is 121 cm³/mol. The molecule has 0 aliphatic carbocycles. The van der Waals surface area contributed by atoms with E-state index in [0.717, 1.165) is 0 Å². The molecule has 1 aromatic carbocycles. The van der Waals surface area contributed by atoms with Gasteiger partial charge in [-0.15, -0.1) is 10.2 Å². The van der Waals surface area contributed by atoms with E-state index in [1.807, 2.05) is 0 Å². The van der Waals surface area contributed by atoms with Crippen molar-refractivity contribution in [2.45, 2.75) is 38.5 Å². The van der Waals surface area contributed by atoms with Crippen LogP contribution in [0.25, 0.3) is 27.7 Å². The second-order valence-electron chi connectivity index (χ2n) is 8.25. The lowest BCUT2D eigenvalue weighted by molar-refractivity contribution is -0.130. The minimum absolute atomic E-state index is 0.0247. The van der Waals surface area contributed by atoms with Crippen molar-refractivity contribution in [3.8, 4) is 17.0 Å². The number of ether oxygens (including phenoxy) is 1. The van der Waals surface area contributed by atoms with E-state index in [4.69, 9.17) is 4.74 Å². The van der Waals surface area contributed by atoms with Crippen LogP contribution in [0, 0.1) is 0 Å². The molecule has 0 radical (unpaired) electrons. The number of amides is 1. The van der Waals surface area contributed by atoms with Crippen molar-refractivity contribution in [1.82, 2.24) is 34.5 Å². The summed E-state index contributed by atoms with van der Waals surface area (Å²) in [5.41, 5.74) is 2.95. The first kappa shape index (κ1) is 22.9. The molecule has 3 aromatic heterocycles. The number of benzene rings is 1. The minimum Gasteiger partial charge on any atom is -0.479 e. The normalized spacial score (nSPS) is 18.2. The number of hydrogen-bond acceptors (Lipinski definition) is 7. The number of carbonyl (C=O) groups excluding carboxylic acids is 1. The van der Waals surface area contributed by atoms with Crippen molar-refractivity contribution in [2.75, 3.05) is 25.5 Å². The molecular formula is C22H23F3N8O2. The molecule has 4 aromatic rings. The largest absolute Gasteiger partial charge is 0.479 e. The maximum absolute atomic E-state index is 14.5. The Morgan fingerprint density at radius 2 is 2.11 bits per heavy atom. The van der Waals surface area contributed by atoms with Crippen LogP contribution < -0.4 is 10.1 Å². The van der Waals surface area contributed by atoms with E-state index in [-0.39, 0.29) is 30.8 Å². The molecule has 35 heavy (non-hydrogen) atoms. The smallest absolute Gasteiger partial charge is 0.258 e. The van der Waals surface area contributed by atoms with Crippen molar-refractivity contribution in [3.05, 3.63) is 30.5 Å². The van der Waals surface area contributed by atoms with Gasteiger partial charge >= 0.3 is 0 Å². The Morgan fingerprint density at radius 3 is 2.86 bits per heavy atom. The molecule has 4 heterocycles. The van der Waals surface area contributed by atoms with Gasteiger partial charge in [0.2, 0.25) is 17.7 Å². The van der Waals surface area contributed by atoms with Crippen LogP contribution in [-0.4, -0.2) is 79.2 Å². The summed E-state index contributed by atoms with van der Waals surface area (Å²) < 4.78 is 48.6. The summed E-state index contributed by atoms with van der Waals surface area (Å²) in [5, 5.41) is 15.2. The average molecular weight is 488 g/mol. The maximum atomic E-state index is 14.5. The first-order valence-corrected chi connectivity index (χ1v) is 11.1. The molecule has 1 aliphatic heterocycles. The number of rotatable bonds is 7. The number of alkyl halides is 3. The Morgan fingerprint density at radius 1 is 1.29 bits per heavy atom. The fourth-order valence-corrected chi connectivity index (χ4v) is 4.32. The third-order valence-electron chi connectivity index (χ3n) is 6.03. The highest BCUT2D eigenvalue weighted by Crippen LogP contribution is 2.33. The van der Waals surface area contributed by atoms with Gasteiger partial charge in [-0.1, -0.05) is 18.2 Å². The number of aromatic nitrogens is 6. The number of likely N-dealkylation sites (tertiary alicyclic amines) is 1. The van der Waals surface area contributed by atoms with Gasteiger partial charge in [-0.25, -0.2) is 22.4 Å². The molecule has 5 rings (SSSR count). The Balaban J connectivity index is 1.48. The van der Waals surface area contributed by atoms with Gasteiger partial charge in [-0.05, 0) is 23.8 Å². The fourth-order valence-electron chi connectivity index (χ4n) is 4.32. The number of fused-ring (bicyclic) bond motifs is 2. The standard InChI is InChI=1S/C22H23F3N8O2/c1-3-19(34)31-9-14(23)16(10-31)26-22-27-21(35-2)20-13(6-7-32(20)29-22)12-4-5-15-17(8-12)33(30-28-15)11-18(24)25/h4-8,14,16,18H,3,9-11H2,1-2H3,(H,26,29)/t14-,16+/m1/s1. The lowest BCUT2D eigenvalue weighted by Crippen LogP contribution is -2.32. The maximum Gasteiger partial charge on any atom is 0.258 e. The summed E-state index contributed by atoms with van der Waals surface area (Å²) in [6.45, 7) is 1.42. The van der Waals surface area contributed by atoms with Gasteiger partial charge in [0, 0.05) is 24.7 Å². The zero-order valence-corrected chi connectivity index (χ0v) is 19.0. The molecule has 10 nitrogen and oxygen atoms in total. The zero-order valence-electron chi connectivity index (χ0n) is 19.0. The third-order valence-corrected chi connectivity index (χ3v) is 6.03. The third kappa shape index (κ3) is 4.21. The number of nitrogens with one attached hydrogen (secondary N) is 1. The summed E-state index contributed by atoms with van der Waals surface area (Å²) in [7, 11) is 1.46. The second-order valence-corrected chi connectivity index (χ2v) is 8.25. The Labute approximate surface area is 197 Å². The molecule has 13 heteroatoms. The van der Waals surface area contributed by atoms with Gasteiger partial charge in [0.1, 0.15) is 23.7 Å². The average Bonchev–Trinajstić information content (AvgIpc) is 3.55. The van der Waals surface area contributed by atoms with Gasteiger partial charge in [0.15, 0.2) is 0 Å². The minimum atomic E-state index is -2.56. The van der Waals surface area contributed by atoms with Gasteiger partial charge < -0.3 is 15.0 Å². The van der Waals surface area contributed by atoms with E-state index in [2.05, 4.69) is 25.7 Å². The molecule has 1 saturated heterocycles. The number of methoxy groups -OCH3 is 1. The summed E-state index contributed by atoms with van der Waals surface area (Å²) >= 11 is 0. The van der Waals surface area contributed by atoms with Crippen LogP contribution in [0.1, 0.15) is 13.3 Å². The van der Waals surface area contributed by atoms with Crippen molar-refractivity contribution in [2.24, 2.45) is 0 Å². The van der Waals surface area contributed by atoms with Crippen LogP contribution in [0.15, 0.2) is 30.5 Å². The Kier molecular flexibility index (Phi) is 5.91. The molecule has 0 spiro atoms. The molecule has 0 bridgehead atoms. The molecule has 0 unspecified atom stereocenters. The summed E-state index contributed by atoms with van der Waals surface area (Å²) in [5.74, 6) is 0.296. The fraction of sp³-hybridized carbons (Fsp3) is 0.409. The lowest BCUT2D eigenvalue weighted by Gasteiger charge is -2.16. The van der Waals surface area contributed by atoms with Crippen molar-refractivity contribution < 1.29 is 22.7 Å². The number of halogens is 3. The number of anilines is 1. The monoisotopic (exact) mass is 488 g/mol.